The van der Waals surface area contributed by atoms with Crippen LogP contribution in [0.2, 0.25) is 0 Å². The van der Waals surface area contributed by atoms with Crippen molar-refractivity contribution in [1.29, 1.82) is 0 Å². The second-order valence-corrected chi connectivity index (χ2v) is 6.36. The van der Waals surface area contributed by atoms with Gasteiger partial charge in [0.25, 0.3) is 11.6 Å². The van der Waals surface area contributed by atoms with Gasteiger partial charge in [0.15, 0.2) is 0 Å². The van der Waals surface area contributed by atoms with Crippen molar-refractivity contribution in [3.05, 3.63) is 69.4 Å². The summed E-state index contributed by atoms with van der Waals surface area (Å²) in [4.78, 5) is 25.9. The molecule has 1 atom stereocenters. The van der Waals surface area contributed by atoms with E-state index < -0.39 is 17.1 Å². The van der Waals surface area contributed by atoms with Crippen molar-refractivity contribution >= 4 is 22.5 Å². The highest BCUT2D eigenvalue weighted by molar-refractivity contribution is 5.94. The van der Waals surface area contributed by atoms with Crippen molar-refractivity contribution in [3.63, 3.8) is 0 Å². The number of hydroxylamine groups is 1. The largest absolute Gasteiger partial charge is 0.496 e. The second kappa shape index (κ2) is 8.69. The lowest BCUT2D eigenvalue weighted by atomic mass is 10.0. The van der Waals surface area contributed by atoms with Gasteiger partial charge in [-0.15, -0.1) is 0 Å². The summed E-state index contributed by atoms with van der Waals surface area (Å²) in [5, 5.41) is 32.1. The molecule has 3 aromatic rings. The van der Waals surface area contributed by atoms with Crippen molar-refractivity contribution in [1.82, 2.24) is 15.8 Å². The van der Waals surface area contributed by atoms with E-state index in [0.717, 1.165) is 22.0 Å². The van der Waals surface area contributed by atoms with Crippen LogP contribution in [0.1, 0.15) is 21.5 Å². The number of aromatic amines is 1. The highest BCUT2D eigenvalue weighted by Crippen LogP contribution is 2.29. The van der Waals surface area contributed by atoms with Crippen LogP contribution >= 0.6 is 0 Å². The van der Waals surface area contributed by atoms with Gasteiger partial charge in [-0.1, -0.05) is 6.07 Å². The number of nitro groups is 1. The number of H-pyrrole nitrogens is 1. The maximum absolute atomic E-state index is 12.2. The molecule has 0 saturated carbocycles. The van der Waals surface area contributed by atoms with Crippen LogP contribution in [-0.2, 0) is 6.42 Å². The number of fused-ring (bicyclic) bond motifs is 1. The number of aliphatic hydroxyl groups excluding tert-OH is 1. The van der Waals surface area contributed by atoms with E-state index in [2.05, 4.69) is 10.3 Å². The van der Waals surface area contributed by atoms with Gasteiger partial charge in [-0.05, 0) is 29.3 Å². The Labute approximate surface area is 165 Å². The topological polar surface area (TPSA) is 150 Å². The first-order valence-corrected chi connectivity index (χ1v) is 8.70. The number of non-ortho nitro benzene ring substituents is 1. The average molecular weight is 400 g/mol. The van der Waals surface area contributed by atoms with Gasteiger partial charge in [-0.2, -0.15) is 5.48 Å². The van der Waals surface area contributed by atoms with Crippen LogP contribution in [0.4, 0.5) is 5.69 Å². The fourth-order valence-electron chi connectivity index (χ4n) is 3.00. The number of aromatic nitrogens is 1. The first-order chi connectivity index (χ1) is 13.9. The number of carbonyl (C=O) groups is 1. The van der Waals surface area contributed by atoms with Crippen molar-refractivity contribution in [2.24, 2.45) is 0 Å². The summed E-state index contributed by atoms with van der Waals surface area (Å²) < 4.78 is 5.41. The molecule has 152 valence electrons. The van der Waals surface area contributed by atoms with E-state index in [9.17, 15) is 20.0 Å². The molecule has 0 radical (unpaired) electrons. The minimum Gasteiger partial charge on any atom is -0.496 e. The quantitative estimate of drug-likeness (QED) is 0.219. The molecule has 3 rings (SSSR count). The number of ether oxygens (including phenoxy) is 1. The number of rotatable bonds is 8. The number of benzene rings is 2. The average Bonchev–Trinajstić information content (AvgIpc) is 3.13. The van der Waals surface area contributed by atoms with Crippen molar-refractivity contribution in [2.45, 2.75) is 12.6 Å². The Bertz CT molecular complexity index is 1050. The van der Waals surface area contributed by atoms with Crippen LogP contribution in [0.5, 0.6) is 5.75 Å². The fraction of sp³-hybridized carbons (Fsp3) is 0.211. The Balaban J connectivity index is 1.84. The number of methoxy groups -OCH3 is 1. The van der Waals surface area contributed by atoms with Gasteiger partial charge in [0.1, 0.15) is 12.0 Å². The maximum atomic E-state index is 12.2. The number of hydrogen-bond donors (Lipinski definition) is 5. The Hall–Kier alpha value is -3.47. The summed E-state index contributed by atoms with van der Waals surface area (Å²) in [6.07, 6.45) is 0.961. The van der Waals surface area contributed by atoms with Gasteiger partial charge in [0.05, 0.1) is 18.6 Å². The zero-order valence-corrected chi connectivity index (χ0v) is 15.5. The molecule has 1 amide bonds. The van der Waals surface area contributed by atoms with E-state index in [-0.39, 0.29) is 12.2 Å². The highest BCUT2D eigenvalue weighted by atomic mass is 16.6. The van der Waals surface area contributed by atoms with E-state index in [1.54, 1.807) is 35.9 Å². The Morgan fingerprint density at radius 3 is 2.76 bits per heavy atom. The van der Waals surface area contributed by atoms with E-state index in [1.165, 1.54) is 19.2 Å². The molecule has 0 saturated heterocycles. The molecule has 5 N–H and O–H groups in total. The first-order valence-electron chi connectivity index (χ1n) is 8.70. The molecule has 0 aliphatic rings. The standard InChI is InChI=1S/C19H20N4O6/c1-29-17-7-12(19(25)21-10-18(24)22-26)3-2-11(17)6-13-9-20-16-5-4-14(23(27)28)8-15(13)16/h2-5,7-9,18,20,22,24,26H,6,10H2,1H3,(H,21,25). The van der Waals surface area contributed by atoms with Gasteiger partial charge in [0.2, 0.25) is 0 Å². The predicted octanol–water partition coefficient (Wildman–Crippen LogP) is 1.70. The number of nitro benzene ring substituents is 1. The zero-order valence-electron chi connectivity index (χ0n) is 15.5. The van der Waals surface area contributed by atoms with Crippen LogP contribution in [0.25, 0.3) is 10.9 Å². The molecule has 0 bridgehead atoms. The van der Waals surface area contributed by atoms with Gasteiger partial charge in [-0.25, -0.2) is 0 Å². The molecule has 10 heteroatoms. The van der Waals surface area contributed by atoms with Crippen LogP contribution in [0.15, 0.2) is 42.6 Å². The van der Waals surface area contributed by atoms with Gasteiger partial charge < -0.3 is 25.4 Å². The SMILES string of the molecule is COc1cc(C(=O)NCC(O)NO)ccc1Cc1c[nH]c2ccc([N+](=O)[O-])cc12. The van der Waals surface area contributed by atoms with Gasteiger partial charge in [-0.3, -0.25) is 14.9 Å². The summed E-state index contributed by atoms with van der Waals surface area (Å²) in [7, 11) is 1.49. The minimum atomic E-state index is -1.27. The molecular formula is C19H20N4O6. The Morgan fingerprint density at radius 1 is 1.28 bits per heavy atom. The molecule has 0 aliphatic heterocycles. The van der Waals surface area contributed by atoms with Crippen molar-refractivity contribution < 1.29 is 24.8 Å². The summed E-state index contributed by atoms with van der Waals surface area (Å²) in [6.45, 7) is -0.173. The number of carbonyl (C=O) groups excluding carboxylic acids is 1. The highest BCUT2D eigenvalue weighted by Gasteiger charge is 2.15. The summed E-state index contributed by atoms with van der Waals surface area (Å²) in [5.41, 5.74) is 4.41. The van der Waals surface area contributed by atoms with Crippen molar-refractivity contribution in [3.8, 4) is 5.75 Å². The number of amides is 1. The number of aliphatic hydroxyl groups is 1. The summed E-state index contributed by atoms with van der Waals surface area (Å²) in [6, 6.07) is 9.56. The third-order valence-corrected chi connectivity index (χ3v) is 4.50. The van der Waals surface area contributed by atoms with Crippen LogP contribution in [0, 0.1) is 10.1 Å². The number of nitrogens with zero attached hydrogens (tertiary/aromatic N) is 1. The first kappa shape index (κ1) is 20.3. The second-order valence-electron chi connectivity index (χ2n) is 6.36. The molecule has 1 heterocycles. The lowest BCUT2D eigenvalue weighted by molar-refractivity contribution is -0.384. The Morgan fingerprint density at radius 2 is 2.07 bits per heavy atom. The molecule has 1 aromatic heterocycles. The molecule has 0 aliphatic carbocycles. The molecule has 1 unspecified atom stereocenters. The van der Waals surface area contributed by atoms with Crippen LogP contribution < -0.4 is 15.5 Å². The normalized spacial score (nSPS) is 12.0. The van der Waals surface area contributed by atoms with Crippen molar-refractivity contribution in [2.75, 3.05) is 13.7 Å². The van der Waals surface area contributed by atoms with E-state index in [1.807, 2.05) is 0 Å². The minimum absolute atomic E-state index is 0.0110. The fourth-order valence-corrected chi connectivity index (χ4v) is 3.00. The lowest BCUT2D eigenvalue weighted by Gasteiger charge is -2.12. The molecule has 2 aromatic carbocycles. The monoisotopic (exact) mass is 400 g/mol. The molecule has 10 nitrogen and oxygen atoms in total. The smallest absolute Gasteiger partial charge is 0.270 e. The third kappa shape index (κ3) is 4.51. The van der Waals surface area contributed by atoms with Crippen LogP contribution in [0.3, 0.4) is 0 Å². The molecule has 0 spiro atoms. The van der Waals surface area contributed by atoms with Crippen LogP contribution in [-0.4, -0.2) is 46.0 Å². The lowest BCUT2D eigenvalue weighted by Crippen LogP contribution is -2.39. The maximum Gasteiger partial charge on any atom is 0.270 e. The third-order valence-electron chi connectivity index (χ3n) is 4.50. The van der Waals surface area contributed by atoms with E-state index in [4.69, 9.17) is 9.94 Å². The number of nitrogens with one attached hydrogen (secondary N) is 3. The zero-order chi connectivity index (χ0) is 21.0. The van der Waals surface area contributed by atoms with E-state index >= 15 is 0 Å². The Kier molecular flexibility index (Phi) is 6.07. The predicted molar refractivity (Wildman–Crippen MR) is 104 cm³/mol. The summed E-state index contributed by atoms with van der Waals surface area (Å²) >= 11 is 0. The molecule has 29 heavy (non-hydrogen) atoms. The van der Waals surface area contributed by atoms with Gasteiger partial charge in [0, 0.05) is 41.2 Å². The number of hydrogen-bond acceptors (Lipinski definition) is 7. The van der Waals surface area contributed by atoms with E-state index in [0.29, 0.717) is 17.7 Å². The molecular weight excluding hydrogens is 380 g/mol. The summed E-state index contributed by atoms with van der Waals surface area (Å²) in [5.74, 6) is 0.0464. The van der Waals surface area contributed by atoms with Gasteiger partial charge >= 0.3 is 0 Å². The molecule has 0 fully saturated rings.